The van der Waals surface area contributed by atoms with Crippen molar-refractivity contribution in [3.8, 4) is 0 Å². The molecule has 6 nitrogen and oxygen atoms in total. The molecule has 0 heterocycles. The smallest absolute Gasteiger partial charge is 0.312 e. The minimum atomic E-state index is -4.30. The molecule has 5 atom stereocenters. The van der Waals surface area contributed by atoms with Crippen LogP contribution in [0.1, 0.15) is 84.0 Å². The van der Waals surface area contributed by atoms with Gasteiger partial charge in [0.1, 0.15) is 12.7 Å². The van der Waals surface area contributed by atoms with Gasteiger partial charge in [0.25, 0.3) is 0 Å². The zero-order valence-electron chi connectivity index (χ0n) is 22.4. The van der Waals surface area contributed by atoms with E-state index in [0.29, 0.717) is 50.4 Å². The van der Waals surface area contributed by atoms with Gasteiger partial charge < -0.3 is 19.7 Å². The Morgan fingerprint density at radius 3 is 1.67 bits per heavy atom. The van der Waals surface area contributed by atoms with Gasteiger partial charge in [-0.15, -0.1) is 0 Å². The van der Waals surface area contributed by atoms with E-state index in [-0.39, 0.29) is 30.6 Å². The molecule has 0 saturated heterocycles. The number of aliphatic hydroxyl groups is 2. The van der Waals surface area contributed by atoms with Crippen molar-refractivity contribution in [3.05, 3.63) is 0 Å². The predicted octanol–water partition coefficient (Wildman–Crippen LogP) is 4.89. The quantitative estimate of drug-likeness (QED) is 0.308. The molecule has 0 aliphatic heterocycles. The van der Waals surface area contributed by atoms with Gasteiger partial charge in [0, 0.05) is 13.3 Å². The standard InChI is InChI=1S/C29H40F4O6/c1-26(30,31)29(32,33)3-2-21(39-25(37)28-9-16-6-19(12-28)23(35)20(7-16)13-28)14-38-24(36)27-8-15-4-17(10-27)22(34)18(5-15)11-27/h15-23,34-35H,2-14H2,1H3. The van der Waals surface area contributed by atoms with Crippen molar-refractivity contribution in [1.82, 2.24) is 0 Å². The van der Waals surface area contributed by atoms with Crippen LogP contribution in [0, 0.1) is 46.3 Å². The highest BCUT2D eigenvalue weighted by molar-refractivity contribution is 5.79. The summed E-state index contributed by atoms with van der Waals surface area (Å²) in [4.78, 5) is 26.9. The van der Waals surface area contributed by atoms with Crippen LogP contribution < -0.4 is 0 Å². The summed E-state index contributed by atoms with van der Waals surface area (Å²) >= 11 is 0. The summed E-state index contributed by atoms with van der Waals surface area (Å²) in [6.07, 6.45) is 2.76. The van der Waals surface area contributed by atoms with Gasteiger partial charge in [-0.05, 0) is 106 Å². The maximum Gasteiger partial charge on any atom is 0.312 e. The lowest BCUT2D eigenvalue weighted by molar-refractivity contribution is -0.210. The Hall–Kier alpha value is -1.42. The van der Waals surface area contributed by atoms with E-state index in [1.54, 1.807) is 0 Å². The summed E-state index contributed by atoms with van der Waals surface area (Å²) < 4.78 is 66.8. The molecule has 0 aromatic rings. The average molecular weight is 561 g/mol. The monoisotopic (exact) mass is 560 g/mol. The third-order valence-electron chi connectivity index (χ3n) is 11.4. The summed E-state index contributed by atoms with van der Waals surface area (Å²) in [5.74, 6) is -8.88. The molecule has 0 amide bonds. The lowest BCUT2D eigenvalue weighted by atomic mass is 9.48. The van der Waals surface area contributed by atoms with Crippen LogP contribution in [0.4, 0.5) is 17.6 Å². The first-order valence-corrected chi connectivity index (χ1v) is 14.7. The highest BCUT2D eigenvalue weighted by Gasteiger charge is 2.61. The van der Waals surface area contributed by atoms with Crippen molar-refractivity contribution >= 4 is 11.9 Å². The molecule has 0 radical (unpaired) electrons. The fourth-order valence-electron chi connectivity index (χ4n) is 9.83. The minimum absolute atomic E-state index is 0.00497. The largest absolute Gasteiger partial charge is 0.461 e. The Balaban J connectivity index is 1.15. The fourth-order valence-corrected chi connectivity index (χ4v) is 9.83. The van der Waals surface area contributed by atoms with Crippen LogP contribution in [-0.4, -0.2) is 58.9 Å². The molecule has 8 aliphatic carbocycles. The molecule has 39 heavy (non-hydrogen) atoms. The zero-order valence-corrected chi connectivity index (χ0v) is 22.4. The summed E-state index contributed by atoms with van der Waals surface area (Å²) in [7, 11) is 0. The van der Waals surface area contributed by atoms with Crippen molar-refractivity contribution < 1.29 is 46.8 Å². The van der Waals surface area contributed by atoms with Crippen LogP contribution in [0.5, 0.6) is 0 Å². The predicted molar refractivity (Wildman–Crippen MR) is 130 cm³/mol. The van der Waals surface area contributed by atoms with E-state index in [1.165, 1.54) is 0 Å². The maximum absolute atomic E-state index is 14.2. The van der Waals surface area contributed by atoms with E-state index in [2.05, 4.69) is 0 Å². The van der Waals surface area contributed by atoms with Gasteiger partial charge in [0.2, 0.25) is 0 Å². The number of esters is 2. The second-order valence-corrected chi connectivity index (χ2v) is 14.2. The number of aliphatic hydroxyl groups excluding tert-OH is 2. The second kappa shape index (κ2) is 9.30. The Morgan fingerprint density at radius 1 is 0.795 bits per heavy atom. The van der Waals surface area contributed by atoms with E-state index in [0.717, 1.165) is 25.7 Å². The van der Waals surface area contributed by atoms with Gasteiger partial charge in [-0.2, -0.15) is 8.78 Å². The molecule has 10 heteroatoms. The molecular formula is C29H40F4O6. The molecule has 220 valence electrons. The van der Waals surface area contributed by atoms with E-state index >= 15 is 0 Å². The lowest BCUT2D eigenvalue weighted by Gasteiger charge is -2.57. The number of halogens is 4. The number of hydrogen-bond acceptors (Lipinski definition) is 6. The van der Waals surface area contributed by atoms with Crippen LogP contribution in [0.25, 0.3) is 0 Å². The first-order chi connectivity index (χ1) is 18.2. The van der Waals surface area contributed by atoms with Crippen LogP contribution in [0.15, 0.2) is 0 Å². The molecule has 8 aliphatic rings. The second-order valence-electron chi connectivity index (χ2n) is 14.2. The number of alkyl halides is 4. The van der Waals surface area contributed by atoms with Crippen molar-refractivity contribution in [2.75, 3.05) is 6.61 Å². The molecule has 0 spiro atoms. The molecule has 0 aromatic heterocycles. The highest BCUT2D eigenvalue weighted by atomic mass is 19.3. The molecule has 8 fully saturated rings. The number of ether oxygens (including phenoxy) is 2. The van der Waals surface area contributed by atoms with E-state index in [4.69, 9.17) is 9.47 Å². The van der Waals surface area contributed by atoms with E-state index < -0.39 is 72.4 Å². The first kappa shape index (κ1) is 27.7. The van der Waals surface area contributed by atoms with Gasteiger partial charge >= 0.3 is 23.8 Å². The normalized spacial score (nSPS) is 44.9. The van der Waals surface area contributed by atoms with Crippen LogP contribution >= 0.6 is 0 Å². The Morgan fingerprint density at radius 2 is 1.23 bits per heavy atom. The average Bonchev–Trinajstić information content (AvgIpc) is 2.85. The van der Waals surface area contributed by atoms with Gasteiger partial charge in [-0.3, -0.25) is 9.59 Å². The summed E-state index contributed by atoms with van der Waals surface area (Å²) in [6, 6.07) is 0. The molecule has 0 aromatic carbocycles. The first-order valence-electron chi connectivity index (χ1n) is 14.7. The number of hydrogen-bond donors (Lipinski definition) is 2. The molecule has 8 bridgehead atoms. The molecule has 2 N–H and O–H groups in total. The fraction of sp³-hybridized carbons (Fsp3) is 0.931. The van der Waals surface area contributed by atoms with Crippen molar-refractivity contribution in [2.45, 2.75) is 114 Å². The van der Waals surface area contributed by atoms with Crippen molar-refractivity contribution in [2.24, 2.45) is 46.3 Å². The highest BCUT2D eigenvalue weighted by Crippen LogP contribution is 2.62. The molecular weight excluding hydrogens is 520 g/mol. The number of carbonyl (C=O) groups is 2. The summed E-state index contributed by atoms with van der Waals surface area (Å²) in [5.41, 5.74) is -1.55. The molecule has 5 unspecified atom stereocenters. The van der Waals surface area contributed by atoms with E-state index in [1.807, 2.05) is 0 Å². The van der Waals surface area contributed by atoms with E-state index in [9.17, 15) is 37.4 Å². The van der Waals surface area contributed by atoms with Crippen molar-refractivity contribution in [1.29, 1.82) is 0 Å². The Kier molecular flexibility index (Phi) is 6.61. The zero-order chi connectivity index (χ0) is 28.0. The van der Waals surface area contributed by atoms with Crippen molar-refractivity contribution in [3.63, 3.8) is 0 Å². The van der Waals surface area contributed by atoms with Gasteiger partial charge in [0.15, 0.2) is 0 Å². The van der Waals surface area contributed by atoms with Crippen LogP contribution in [0.3, 0.4) is 0 Å². The topological polar surface area (TPSA) is 93.1 Å². The molecule has 8 rings (SSSR count). The van der Waals surface area contributed by atoms with Gasteiger partial charge in [-0.25, -0.2) is 8.78 Å². The minimum Gasteiger partial charge on any atom is -0.461 e. The van der Waals surface area contributed by atoms with Crippen LogP contribution in [0.2, 0.25) is 0 Å². The summed E-state index contributed by atoms with van der Waals surface area (Å²) in [6.45, 7) is -0.300. The summed E-state index contributed by atoms with van der Waals surface area (Å²) in [5, 5.41) is 21.1. The number of carbonyl (C=O) groups excluding carboxylic acids is 2. The Labute approximate surface area is 226 Å². The number of rotatable bonds is 9. The van der Waals surface area contributed by atoms with Gasteiger partial charge in [0.05, 0.1) is 23.0 Å². The maximum atomic E-state index is 14.2. The molecule has 8 saturated carbocycles. The third-order valence-corrected chi connectivity index (χ3v) is 11.4. The SMILES string of the molecule is CC(F)(F)C(F)(F)CCC(COC(=O)C12CC3CC(C1)C(O)C(C3)C2)OC(=O)C12CC3CC(C1)C(O)C(C3)C2. The van der Waals surface area contributed by atoms with Gasteiger partial charge in [-0.1, -0.05) is 0 Å². The van der Waals surface area contributed by atoms with Crippen LogP contribution in [-0.2, 0) is 19.1 Å². The Bertz CT molecular complexity index is 965. The third kappa shape index (κ3) is 4.69. The lowest BCUT2D eigenvalue weighted by Crippen LogP contribution is -2.57.